The van der Waals surface area contributed by atoms with Gasteiger partial charge in [0.2, 0.25) is 0 Å². The minimum absolute atomic E-state index is 0.0154. The normalized spacial score (nSPS) is 23.1. The average Bonchev–Trinajstić information content (AvgIpc) is 3.52. The summed E-state index contributed by atoms with van der Waals surface area (Å²) >= 11 is 0. The minimum atomic E-state index is -0.207. The van der Waals surface area contributed by atoms with E-state index >= 15 is 4.39 Å². The van der Waals surface area contributed by atoms with Gasteiger partial charge < -0.3 is 29.7 Å². The Kier molecular flexibility index (Phi) is 8.26. The Hall–Kier alpha value is -4.76. The van der Waals surface area contributed by atoms with Crippen LogP contribution in [0.15, 0.2) is 72.8 Å². The molecular weight excluding hydrogens is 643 g/mol. The number of aryl methyl sites for hydroxylation is 1. The summed E-state index contributed by atoms with van der Waals surface area (Å²) in [5, 5.41) is 13.2. The lowest BCUT2D eigenvalue weighted by Gasteiger charge is -2.47. The quantitative estimate of drug-likeness (QED) is 0.241. The van der Waals surface area contributed by atoms with Crippen molar-refractivity contribution in [3.8, 4) is 17.2 Å². The molecule has 0 aromatic heterocycles. The van der Waals surface area contributed by atoms with E-state index in [4.69, 9.17) is 9.47 Å². The number of anilines is 2. The van der Waals surface area contributed by atoms with Gasteiger partial charge in [-0.05, 0) is 90.1 Å². The molecule has 4 aromatic carbocycles. The number of piperidine rings is 1. The van der Waals surface area contributed by atoms with Gasteiger partial charge in [-0.3, -0.25) is 9.69 Å². The number of hydrogen-bond donors (Lipinski definition) is 2. The van der Waals surface area contributed by atoms with Crippen LogP contribution >= 0.6 is 0 Å². The van der Waals surface area contributed by atoms with Crippen molar-refractivity contribution in [3.63, 3.8) is 0 Å². The van der Waals surface area contributed by atoms with Gasteiger partial charge in [0, 0.05) is 68.9 Å². The second-order valence-electron chi connectivity index (χ2n) is 15.0. The molecule has 2 saturated heterocycles. The van der Waals surface area contributed by atoms with Crippen LogP contribution < -0.4 is 24.6 Å². The highest BCUT2D eigenvalue weighted by molar-refractivity contribution is 5.99. The van der Waals surface area contributed by atoms with Crippen LogP contribution in [0.1, 0.15) is 69.3 Å². The first-order valence-corrected chi connectivity index (χ1v) is 18.5. The van der Waals surface area contributed by atoms with Crippen molar-refractivity contribution in [3.05, 3.63) is 112 Å². The molecule has 5 aliphatic rings. The van der Waals surface area contributed by atoms with E-state index in [0.717, 1.165) is 104 Å². The number of amides is 1. The van der Waals surface area contributed by atoms with Crippen LogP contribution in [0.2, 0.25) is 0 Å². The fraction of sp³-hybridized carbons (Fsp3) is 0.405. The number of halogens is 1. The Balaban J connectivity index is 0.884. The highest BCUT2D eigenvalue weighted by atomic mass is 19.1. The van der Waals surface area contributed by atoms with E-state index in [1.165, 1.54) is 5.56 Å². The Morgan fingerprint density at radius 1 is 0.922 bits per heavy atom. The fourth-order valence-electron chi connectivity index (χ4n) is 9.50. The molecule has 2 fully saturated rings. The van der Waals surface area contributed by atoms with Crippen LogP contribution in [-0.2, 0) is 13.0 Å². The molecule has 8 nitrogen and oxygen atoms in total. The highest BCUT2D eigenvalue weighted by Crippen LogP contribution is 2.50. The number of piperazine rings is 1. The summed E-state index contributed by atoms with van der Waals surface area (Å²) in [5.41, 5.74) is 7.84. The third kappa shape index (κ3) is 5.85. The zero-order chi connectivity index (χ0) is 34.6. The summed E-state index contributed by atoms with van der Waals surface area (Å²) in [5.74, 6) is 2.20. The van der Waals surface area contributed by atoms with E-state index in [2.05, 4.69) is 50.3 Å². The molecule has 0 radical (unpaired) electrons. The lowest BCUT2D eigenvalue weighted by Crippen LogP contribution is -2.58. The van der Waals surface area contributed by atoms with Crippen molar-refractivity contribution in [1.29, 1.82) is 0 Å². The summed E-state index contributed by atoms with van der Waals surface area (Å²) in [6, 6.07) is 24.1. The van der Waals surface area contributed by atoms with Crippen LogP contribution in [0.3, 0.4) is 0 Å². The van der Waals surface area contributed by atoms with Crippen LogP contribution in [0.25, 0.3) is 0 Å². The molecule has 2 N–H and O–H groups in total. The molecule has 264 valence electrons. The first-order valence-electron chi connectivity index (χ1n) is 18.5. The molecule has 4 aromatic rings. The number of nitrogens with one attached hydrogen (secondary N) is 1. The molecule has 1 amide bonds. The number of methoxy groups -OCH3 is 1. The fourth-order valence-corrected chi connectivity index (χ4v) is 9.50. The second-order valence-corrected chi connectivity index (χ2v) is 15.0. The monoisotopic (exact) mass is 688 g/mol. The van der Waals surface area contributed by atoms with E-state index in [9.17, 15) is 9.90 Å². The lowest BCUT2D eigenvalue weighted by atomic mass is 9.69. The maximum absolute atomic E-state index is 16.3. The van der Waals surface area contributed by atoms with E-state index in [1.54, 1.807) is 19.2 Å². The van der Waals surface area contributed by atoms with Crippen molar-refractivity contribution in [2.24, 2.45) is 5.92 Å². The third-order valence-corrected chi connectivity index (χ3v) is 12.1. The average molecular weight is 689 g/mol. The number of carbonyl (C=O) groups excluding carboxylic acids is 1. The Labute approximate surface area is 298 Å². The van der Waals surface area contributed by atoms with Gasteiger partial charge in [-0.2, -0.15) is 0 Å². The molecule has 0 saturated carbocycles. The van der Waals surface area contributed by atoms with Crippen molar-refractivity contribution < 1.29 is 23.8 Å². The van der Waals surface area contributed by atoms with Gasteiger partial charge in [-0.25, -0.2) is 4.39 Å². The third-order valence-electron chi connectivity index (χ3n) is 12.1. The maximum atomic E-state index is 16.3. The maximum Gasteiger partial charge on any atom is 0.252 e. The van der Waals surface area contributed by atoms with Crippen LogP contribution in [0, 0.1) is 11.7 Å². The predicted octanol–water partition coefficient (Wildman–Crippen LogP) is 6.44. The molecule has 9 rings (SSSR count). The number of ether oxygens (including phenoxy) is 2. The van der Waals surface area contributed by atoms with Crippen molar-refractivity contribution in [2.75, 3.05) is 62.8 Å². The summed E-state index contributed by atoms with van der Waals surface area (Å²) in [4.78, 5) is 19.4. The summed E-state index contributed by atoms with van der Waals surface area (Å²) in [7, 11) is 1.69. The zero-order valence-electron chi connectivity index (χ0n) is 29.1. The first kappa shape index (κ1) is 32.2. The van der Waals surface area contributed by atoms with Crippen LogP contribution in [0.4, 0.5) is 15.8 Å². The van der Waals surface area contributed by atoms with E-state index in [-0.39, 0.29) is 35.4 Å². The summed E-state index contributed by atoms with van der Waals surface area (Å²) in [6.45, 7) is 6.74. The first-order chi connectivity index (χ1) is 24.9. The molecule has 1 aliphatic carbocycles. The van der Waals surface area contributed by atoms with E-state index in [0.29, 0.717) is 30.5 Å². The van der Waals surface area contributed by atoms with Gasteiger partial charge >= 0.3 is 0 Å². The molecule has 4 heterocycles. The Bertz CT molecular complexity index is 1960. The lowest BCUT2D eigenvalue weighted by molar-refractivity contribution is 0.0965. The molecule has 0 bridgehead atoms. The standard InChI is InChI=1S/C42H45FN4O4/c1-50-39-21-37(36(43)19-35(39)41-32(27-5-3-2-4-6-27)9-7-28-17-31(48)8-10-33(28)41)46-13-11-26(12-14-46)23-45-15-16-47-30(24-45)25-51-40-20-34-29(18-38(40)47)22-44-42(34)49/h2-6,8,10,17-21,26,30,32,41,48H,7,9,11-16,22-25H2,1H3,(H,44,49). The van der Waals surface area contributed by atoms with Crippen molar-refractivity contribution >= 4 is 17.3 Å². The molecule has 4 aliphatic heterocycles. The largest absolute Gasteiger partial charge is 0.508 e. The summed E-state index contributed by atoms with van der Waals surface area (Å²) < 4.78 is 28.5. The van der Waals surface area contributed by atoms with Crippen LogP contribution in [-0.4, -0.2) is 74.9 Å². The van der Waals surface area contributed by atoms with E-state index in [1.807, 2.05) is 30.3 Å². The summed E-state index contributed by atoms with van der Waals surface area (Å²) in [6.07, 6.45) is 3.79. The molecule has 3 unspecified atom stereocenters. The van der Waals surface area contributed by atoms with Gasteiger partial charge in [-0.15, -0.1) is 0 Å². The SMILES string of the molecule is COc1cc(N2CCC(CN3CCN4c5cc6c(cc5OCC4C3)C(=O)NC6)CC2)c(F)cc1C1c2ccc(O)cc2CCC1c1ccccc1. The number of aromatic hydroxyl groups is 1. The number of carbonyl (C=O) groups is 1. The number of phenols is 1. The Morgan fingerprint density at radius 2 is 1.76 bits per heavy atom. The van der Waals surface area contributed by atoms with Crippen molar-refractivity contribution in [2.45, 2.75) is 50.1 Å². The number of fused-ring (bicyclic) bond motifs is 5. The number of phenolic OH excluding ortho intramolecular Hbond substituents is 1. The Morgan fingerprint density at radius 3 is 2.59 bits per heavy atom. The van der Waals surface area contributed by atoms with Crippen LogP contribution in [0.5, 0.6) is 17.2 Å². The van der Waals surface area contributed by atoms with Gasteiger partial charge in [-0.1, -0.05) is 36.4 Å². The van der Waals surface area contributed by atoms with E-state index < -0.39 is 0 Å². The second kappa shape index (κ2) is 13.1. The van der Waals surface area contributed by atoms with Crippen molar-refractivity contribution in [1.82, 2.24) is 10.2 Å². The zero-order valence-corrected chi connectivity index (χ0v) is 29.1. The molecule has 9 heteroatoms. The molecule has 51 heavy (non-hydrogen) atoms. The van der Waals surface area contributed by atoms with Gasteiger partial charge in [0.1, 0.15) is 29.7 Å². The molecular formula is C42H45FN4O4. The minimum Gasteiger partial charge on any atom is -0.508 e. The van der Waals surface area contributed by atoms with Gasteiger partial charge in [0.15, 0.2) is 0 Å². The van der Waals surface area contributed by atoms with Gasteiger partial charge in [0.05, 0.1) is 24.5 Å². The number of benzene rings is 4. The molecule has 0 spiro atoms. The number of hydrogen-bond acceptors (Lipinski definition) is 7. The smallest absolute Gasteiger partial charge is 0.252 e. The topological polar surface area (TPSA) is 77.5 Å². The molecule has 3 atom stereocenters. The number of rotatable bonds is 6. The van der Waals surface area contributed by atoms with Gasteiger partial charge in [0.25, 0.3) is 5.91 Å². The highest BCUT2D eigenvalue weighted by Gasteiger charge is 2.37. The number of nitrogens with zero attached hydrogens (tertiary/aromatic N) is 3. The predicted molar refractivity (Wildman–Crippen MR) is 196 cm³/mol.